The van der Waals surface area contributed by atoms with Crippen molar-refractivity contribution in [3.8, 4) is 16.9 Å². The Balaban J connectivity index is 1.51. The number of amides is 1. The standard InChI is InChI=1S/C22H18Cl2N4OS/c1-13-19(21(24)28(27-13)17-6-4-3-5-7-17)22(29)25-12-18-26-20(14(2)30-18)15-8-10-16(23)11-9-15/h3-11H,12H2,1-2H3,(H,25,29). The molecule has 0 atom stereocenters. The summed E-state index contributed by atoms with van der Waals surface area (Å²) in [5.41, 5.74) is 3.62. The summed E-state index contributed by atoms with van der Waals surface area (Å²) < 4.78 is 1.57. The highest BCUT2D eigenvalue weighted by Gasteiger charge is 2.21. The van der Waals surface area contributed by atoms with Gasteiger partial charge in [-0.25, -0.2) is 9.67 Å². The van der Waals surface area contributed by atoms with E-state index < -0.39 is 0 Å². The second-order valence-electron chi connectivity index (χ2n) is 6.70. The number of nitrogens with one attached hydrogen (secondary N) is 1. The molecule has 0 spiro atoms. The second kappa shape index (κ2) is 8.60. The number of nitrogens with zero attached hydrogens (tertiary/aromatic N) is 3. The van der Waals surface area contributed by atoms with Crippen LogP contribution in [0.5, 0.6) is 0 Å². The normalized spacial score (nSPS) is 10.9. The third kappa shape index (κ3) is 4.12. The highest BCUT2D eigenvalue weighted by atomic mass is 35.5. The molecule has 0 saturated carbocycles. The Morgan fingerprint density at radius 3 is 2.47 bits per heavy atom. The Labute approximate surface area is 188 Å². The number of rotatable bonds is 5. The zero-order valence-corrected chi connectivity index (χ0v) is 18.6. The van der Waals surface area contributed by atoms with Gasteiger partial charge in [0.1, 0.15) is 10.2 Å². The molecule has 0 bridgehead atoms. The molecule has 0 aliphatic heterocycles. The minimum atomic E-state index is -0.277. The van der Waals surface area contributed by atoms with E-state index in [9.17, 15) is 4.79 Å². The maximum Gasteiger partial charge on any atom is 0.256 e. The van der Waals surface area contributed by atoms with Crippen molar-refractivity contribution in [2.75, 3.05) is 0 Å². The molecule has 0 fully saturated rings. The average molecular weight is 457 g/mol. The molecule has 1 N–H and O–H groups in total. The second-order valence-corrected chi connectivity index (χ2v) is 8.78. The first-order valence-electron chi connectivity index (χ1n) is 9.25. The molecule has 1 amide bonds. The van der Waals surface area contributed by atoms with E-state index in [1.165, 1.54) is 0 Å². The van der Waals surface area contributed by atoms with Crippen LogP contribution < -0.4 is 5.32 Å². The SMILES string of the molecule is Cc1nn(-c2ccccc2)c(Cl)c1C(=O)NCc1nc(-c2ccc(Cl)cc2)c(C)s1. The number of hydrogen-bond acceptors (Lipinski definition) is 4. The molecule has 0 aliphatic rings. The first-order valence-corrected chi connectivity index (χ1v) is 10.8. The van der Waals surface area contributed by atoms with E-state index in [1.54, 1.807) is 22.9 Å². The van der Waals surface area contributed by atoms with Crippen LogP contribution >= 0.6 is 34.5 Å². The van der Waals surface area contributed by atoms with Crippen molar-refractivity contribution in [2.45, 2.75) is 20.4 Å². The van der Waals surface area contributed by atoms with Crippen molar-refractivity contribution in [3.05, 3.63) is 85.9 Å². The first-order chi connectivity index (χ1) is 14.4. The van der Waals surface area contributed by atoms with Crippen molar-refractivity contribution in [3.63, 3.8) is 0 Å². The molecule has 2 aromatic heterocycles. The van der Waals surface area contributed by atoms with Gasteiger partial charge in [-0.15, -0.1) is 11.3 Å². The predicted molar refractivity (Wildman–Crippen MR) is 122 cm³/mol. The Kier molecular flexibility index (Phi) is 5.90. The molecule has 152 valence electrons. The lowest BCUT2D eigenvalue weighted by Gasteiger charge is -2.04. The summed E-state index contributed by atoms with van der Waals surface area (Å²) in [6.45, 7) is 4.09. The molecule has 8 heteroatoms. The molecule has 5 nitrogen and oxygen atoms in total. The lowest BCUT2D eigenvalue weighted by Crippen LogP contribution is -2.23. The Morgan fingerprint density at radius 1 is 1.07 bits per heavy atom. The van der Waals surface area contributed by atoms with Crippen molar-refractivity contribution >= 4 is 40.4 Å². The van der Waals surface area contributed by atoms with E-state index in [1.807, 2.05) is 61.5 Å². The van der Waals surface area contributed by atoms with Gasteiger partial charge in [0.05, 0.1) is 29.2 Å². The van der Waals surface area contributed by atoms with Gasteiger partial charge in [0, 0.05) is 15.5 Å². The topological polar surface area (TPSA) is 59.8 Å². The molecule has 0 saturated heterocycles. The molecular formula is C22H18Cl2N4OS. The molecule has 0 unspecified atom stereocenters. The van der Waals surface area contributed by atoms with Gasteiger partial charge in [-0.1, -0.05) is 53.5 Å². The molecule has 2 aromatic carbocycles. The summed E-state index contributed by atoms with van der Waals surface area (Å²) in [5, 5.41) is 9.12. The van der Waals surface area contributed by atoms with E-state index in [2.05, 4.69) is 15.4 Å². The summed E-state index contributed by atoms with van der Waals surface area (Å²) in [6, 6.07) is 17.0. The van der Waals surface area contributed by atoms with Crippen LogP contribution in [-0.4, -0.2) is 20.7 Å². The lowest BCUT2D eigenvalue weighted by molar-refractivity contribution is 0.0950. The van der Waals surface area contributed by atoms with E-state index in [-0.39, 0.29) is 11.1 Å². The third-order valence-electron chi connectivity index (χ3n) is 4.59. The molecular weight excluding hydrogens is 439 g/mol. The Bertz CT molecular complexity index is 1200. The zero-order chi connectivity index (χ0) is 21.3. The minimum Gasteiger partial charge on any atom is -0.345 e. The fourth-order valence-corrected chi connectivity index (χ4v) is 4.52. The maximum absolute atomic E-state index is 12.8. The Morgan fingerprint density at radius 2 is 1.77 bits per heavy atom. The van der Waals surface area contributed by atoms with Gasteiger partial charge in [-0.05, 0) is 38.1 Å². The van der Waals surface area contributed by atoms with Crippen molar-refractivity contribution in [2.24, 2.45) is 0 Å². The van der Waals surface area contributed by atoms with E-state index in [4.69, 9.17) is 23.2 Å². The summed E-state index contributed by atoms with van der Waals surface area (Å²) in [6.07, 6.45) is 0. The van der Waals surface area contributed by atoms with Gasteiger partial charge in [0.15, 0.2) is 0 Å². The van der Waals surface area contributed by atoms with Crippen molar-refractivity contribution in [1.82, 2.24) is 20.1 Å². The molecule has 0 radical (unpaired) electrons. The third-order valence-corrected chi connectivity index (χ3v) is 6.16. The van der Waals surface area contributed by atoms with Crippen molar-refractivity contribution < 1.29 is 4.79 Å². The monoisotopic (exact) mass is 456 g/mol. The Hall–Kier alpha value is -2.67. The largest absolute Gasteiger partial charge is 0.345 e. The van der Waals surface area contributed by atoms with Crippen LogP contribution in [0.1, 0.15) is 25.9 Å². The van der Waals surface area contributed by atoms with Gasteiger partial charge >= 0.3 is 0 Å². The number of carbonyl (C=O) groups excluding carboxylic acids is 1. The molecule has 2 heterocycles. The summed E-state index contributed by atoms with van der Waals surface area (Å²) >= 11 is 14.0. The maximum atomic E-state index is 12.8. The van der Waals surface area contributed by atoms with Gasteiger partial charge < -0.3 is 5.32 Å². The number of benzene rings is 2. The zero-order valence-electron chi connectivity index (χ0n) is 16.3. The van der Waals surface area contributed by atoms with Gasteiger partial charge in [0.2, 0.25) is 0 Å². The molecule has 0 aliphatic carbocycles. The quantitative estimate of drug-likeness (QED) is 0.409. The number of para-hydroxylation sites is 1. The number of aromatic nitrogens is 3. The van der Waals surface area contributed by atoms with Crippen LogP contribution in [0.4, 0.5) is 0 Å². The fraction of sp³-hybridized carbons (Fsp3) is 0.136. The van der Waals surface area contributed by atoms with Gasteiger partial charge in [-0.2, -0.15) is 5.10 Å². The average Bonchev–Trinajstić information content (AvgIpc) is 3.26. The van der Waals surface area contributed by atoms with Gasteiger partial charge in [-0.3, -0.25) is 4.79 Å². The van der Waals surface area contributed by atoms with Crippen molar-refractivity contribution in [1.29, 1.82) is 0 Å². The highest BCUT2D eigenvalue weighted by Crippen LogP contribution is 2.29. The predicted octanol–water partition coefficient (Wildman–Crippen LogP) is 5.85. The fourth-order valence-electron chi connectivity index (χ4n) is 3.14. The first kappa shape index (κ1) is 20.6. The lowest BCUT2D eigenvalue weighted by atomic mass is 10.1. The van der Waals surface area contributed by atoms with Crippen LogP contribution in [0, 0.1) is 13.8 Å². The number of carbonyl (C=O) groups is 1. The number of aryl methyl sites for hydroxylation is 2. The molecule has 4 rings (SSSR count). The summed E-state index contributed by atoms with van der Waals surface area (Å²) in [5.74, 6) is -0.277. The van der Waals surface area contributed by atoms with Crippen LogP contribution in [0.15, 0.2) is 54.6 Å². The van der Waals surface area contributed by atoms with Crippen LogP contribution in [0.3, 0.4) is 0 Å². The van der Waals surface area contributed by atoms with Crippen LogP contribution in [0.2, 0.25) is 10.2 Å². The number of halogens is 2. The molecule has 30 heavy (non-hydrogen) atoms. The smallest absolute Gasteiger partial charge is 0.256 e. The van der Waals surface area contributed by atoms with E-state index in [0.717, 1.165) is 26.8 Å². The van der Waals surface area contributed by atoms with E-state index >= 15 is 0 Å². The van der Waals surface area contributed by atoms with Gasteiger partial charge in [0.25, 0.3) is 5.91 Å². The summed E-state index contributed by atoms with van der Waals surface area (Å²) in [4.78, 5) is 18.6. The minimum absolute atomic E-state index is 0.277. The van der Waals surface area contributed by atoms with Crippen LogP contribution in [0.25, 0.3) is 16.9 Å². The van der Waals surface area contributed by atoms with E-state index in [0.29, 0.717) is 22.8 Å². The summed E-state index contributed by atoms with van der Waals surface area (Å²) in [7, 11) is 0. The number of hydrogen-bond donors (Lipinski definition) is 1. The van der Waals surface area contributed by atoms with Crippen LogP contribution in [-0.2, 0) is 6.54 Å². The highest BCUT2D eigenvalue weighted by molar-refractivity contribution is 7.12. The molecule has 4 aromatic rings. The number of thiazole rings is 1.